The second-order valence-electron chi connectivity index (χ2n) is 12.0. The molecule has 4 aromatic rings. The van der Waals surface area contributed by atoms with Crippen LogP contribution in [0.5, 0.6) is 0 Å². The molecule has 2 aliphatic carbocycles. The Morgan fingerprint density at radius 1 is 0.633 bits per heavy atom. The maximum absolute atomic E-state index is 13.2. The minimum Gasteiger partial charge on any atom is -0.372 e. The van der Waals surface area contributed by atoms with Gasteiger partial charge in [-0.25, -0.2) is 0 Å². The number of nitriles is 2. The van der Waals surface area contributed by atoms with Gasteiger partial charge in [0.2, 0.25) is 12.4 Å². The molecule has 3 aliphatic rings. The van der Waals surface area contributed by atoms with E-state index in [0.717, 1.165) is 52.1 Å². The summed E-state index contributed by atoms with van der Waals surface area (Å²) in [4.78, 5) is 8.41. The molecular formula is C38H23F6N5. The molecule has 0 radical (unpaired) electrons. The number of allylic oxidation sites excluding steroid dienone is 3. The Bertz CT molecular complexity index is 2240. The zero-order chi connectivity index (χ0) is 34.7. The maximum atomic E-state index is 13.2. The van der Waals surface area contributed by atoms with Gasteiger partial charge in [-0.3, -0.25) is 0 Å². The minimum absolute atomic E-state index is 0.397. The fourth-order valence-electron chi connectivity index (χ4n) is 6.87. The number of hydrogen-bond acceptors (Lipinski definition) is 5. The molecule has 1 N–H and O–H groups in total. The predicted molar refractivity (Wildman–Crippen MR) is 173 cm³/mol. The van der Waals surface area contributed by atoms with Crippen LogP contribution in [0.1, 0.15) is 59.2 Å². The van der Waals surface area contributed by atoms with Crippen molar-refractivity contribution in [1.29, 1.82) is 10.5 Å². The van der Waals surface area contributed by atoms with Crippen LogP contribution in [-0.2, 0) is 12.4 Å². The van der Waals surface area contributed by atoms with E-state index in [9.17, 15) is 36.9 Å². The van der Waals surface area contributed by atoms with Gasteiger partial charge in [-0.15, -0.1) is 0 Å². The van der Waals surface area contributed by atoms with Gasteiger partial charge in [0.05, 0.1) is 28.6 Å². The third-order valence-corrected chi connectivity index (χ3v) is 9.21. The first-order chi connectivity index (χ1) is 23.4. The molecule has 0 aromatic heterocycles. The smallest absolute Gasteiger partial charge is 0.372 e. The van der Waals surface area contributed by atoms with Crippen molar-refractivity contribution >= 4 is 17.0 Å². The van der Waals surface area contributed by atoms with Gasteiger partial charge in [0, 0.05) is 16.7 Å². The molecule has 242 valence electrons. The monoisotopic (exact) mass is 663 g/mol. The molecule has 1 atom stereocenters. The Morgan fingerprint density at radius 2 is 1.14 bits per heavy atom. The number of rotatable bonds is 2. The second-order valence-corrected chi connectivity index (χ2v) is 12.0. The van der Waals surface area contributed by atoms with Gasteiger partial charge < -0.3 is 5.32 Å². The molecule has 0 spiro atoms. The van der Waals surface area contributed by atoms with Crippen LogP contribution in [0, 0.1) is 22.9 Å². The Balaban J connectivity index is 1.29. The van der Waals surface area contributed by atoms with E-state index in [1.165, 1.54) is 24.3 Å². The van der Waals surface area contributed by atoms with Gasteiger partial charge in [-0.2, -0.15) is 46.9 Å². The molecular weight excluding hydrogens is 640 g/mol. The second kappa shape index (κ2) is 11.6. The number of halogens is 6. The predicted octanol–water partition coefficient (Wildman–Crippen LogP) is 9.78. The molecule has 0 saturated carbocycles. The zero-order valence-corrected chi connectivity index (χ0v) is 25.6. The number of hydrogen-bond donors (Lipinski definition) is 1. The normalized spacial score (nSPS) is 18.6. The minimum atomic E-state index is -4.46. The summed E-state index contributed by atoms with van der Waals surface area (Å²) in [6.07, 6.45) is -3.96. The number of nitrogens with one attached hydrogen (secondary N) is 1. The van der Waals surface area contributed by atoms with Crippen molar-refractivity contribution in [3.63, 3.8) is 0 Å². The number of alkyl halides is 6. The van der Waals surface area contributed by atoms with Crippen molar-refractivity contribution < 1.29 is 26.3 Å². The third-order valence-electron chi connectivity index (χ3n) is 9.21. The quantitative estimate of drug-likeness (QED) is 0.171. The fourth-order valence-corrected chi connectivity index (χ4v) is 6.87. The highest BCUT2D eigenvalue weighted by Crippen LogP contribution is 2.47. The van der Waals surface area contributed by atoms with Crippen LogP contribution in [0.3, 0.4) is 0 Å². The highest BCUT2D eigenvalue weighted by Gasteiger charge is 2.40. The summed E-state index contributed by atoms with van der Waals surface area (Å²) < 4.78 is 79.1. The molecule has 1 aliphatic heterocycles. The van der Waals surface area contributed by atoms with Gasteiger partial charge in [0.15, 0.2) is 0 Å². The molecule has 0 fully saturated rings. The van der Waals surface area contributed by atoms with E-state index in [1.807, 2.05) is 55.7 Å². The van der Waals surface area contributed by atoms with Crippen LogP contribution in [0.2, 0.25) is 0 Å². The molecule has 5 nitrogen and oxygen atoms in total. The summed E-state index contributed by atoms with van der Waals surface area (Å²) in [5, 5.41) is 23.0. The van der Waals surface area contributed by atoms with Gasteiger partial charge in [-0.1, -0.05) is 54.1 Å². The van der Waals surface area contributed by atoms with Crippen LogP contribution in [0.25, 0.3) is 27.8 Å². The van der Waals surface area contributed by atoms with Crippen LogP contribution >= 0.6 is 0 Å². The first kappa shape index (κ1) is 31.6. The van der Waals surface area contributed by atoms with E-state index in [0.29, 0.717) is 63.3 Å². The summed E-state index contributed by atoms with van der Waals surface area (Å²) in [7, 11) is 0. The van der Waals surface area contributed by atoms with E-state index in [2.05, 4.69) is 15.3 Å². The van der Waals surface area contributed by atoms with E-state index in [1.54, 1.807) is 0 Å². The van der Waals surface area contributed by atoms with Crippen LogP contribution < -0.4 is 5.32 Å². The van der Waals surface area contributed by atoms with E-state index in [-0.39, 0.29) is 0 Å². The lowest BCUT2D eigenvalue weighted by atomic mass is 9.91. The van der Waals surface area contributed by atoms with Crippen molar-refractivity contribution in [3.8, 4) is 34.6 Å². The molecule has 1 unspecified atom stereocenters. The third kappa shape index (κ3) is 5.47. The molecule has 4 aromatic carbocycles. The van der Waals surface area contributed by atoms with E-state index in [4.69, 9.17) is 0 Å². The van der Waals surface area contributed by atoms with Gasteiger partial charge in [0.25, 0.3) is 0 Å². The molecule has 0 saturated heterocycles. The standard InChI is InChI=1S/C38H23F6N5/c1-20-2-13-28-27-14-7-23(21-3-9-25(10-4-21)37(39,40)41)16-30(27)35(48-19-46)36(28)49-34-29-15-8-24(17-31(29)33(32(20)34)47-18-45)22-5-11-26(12-6-22)38(42,43)44/h3-12,14-17,34,49H,2,13H2,1H3. The molecule has 1 heterocycles. The van der Waals surface area contributed by atoms with Crippen molar-refractivity contribution in [2.45, 2.75) is 38.2 Å². The first-order valence-corrected chi connectivity index (χ1v) is 15.2. The first-order valence-electron chi connectivity index (χ1n) is 15.2. The van der Waals surface area contributed by atoms with Crippen LogP contribution in [0.4, 0.5) is 26.3 Å². The van der Waals surface area contributed by atoms with Crippen LogP contribution in [-0.4, -0.2) is 11.4 Å². The Kier molecular flexibility index (Phi) is 7.52. The molecule has 0 amide bonds. The lowest BCUT2D eigenvalue weighted by Crippen LogP contribution is -2.27. The molecule has 49 heavy (non-hydrogen) atoms. The van der Waals surface area contributed by atoms with Crippen molar-refractivity contribution in [2.75, 3.05) is 0 Å². The molecule has 7 rings (SSSR count). The number of nitrogens with zero attached hydrogens (tertiary/aromatic N) is 4. The van der Waals surface area contributed by atoms with Crippen molar-refractivity contribution in [3.05, 3.63) is 135 Å². The number of benzene rings is 4. The maximum Gasteiger partial charge on any atom is 0.416 e. The average molecular weight is 664 g/mol. The highest BCUT2D eigenvalue weighted by molar-refractivity contribution is 6.25. The zero-order valence-electron chi connectivity index (χ0n) is 25.6. The summed E-state index contributed by atoms with van der Waals surface area (Å²) >= 11 is 0. The Morgan fingerprint density at radius 3 is 1.69 bits per heavy atom. The summed E-state index contributed by atoms with van der Waals surface area (Å²) in [5.41, 5.74) is 8.13. The van der Waals surface area contributed by atoms with E-state index < -0.39 is 29.5 Å². The topological polar surface area (TPSA) is 84.3 Å². The van der Waals surface area contributed by atoms with E-state index >= 15 is 0 Å². The summed E-state index contributed by atoms with van der Waals surface area (Å²) in [5.74, 6) is 0. The number of aliphatic imine (C=N–C) groups is 2. The Labute approximate surface area is 276 Å². The summed E-state index contributed by atoms with van der Waals surface area (Å²) in [6, 6.07) is 20.3. The van der Waals surface area contributed by atoms with Crippen molar-refractivity contribution in [1.82, 2.24) is 5.32 Å². The Hall–Kier alpha value is -5.94. The summed E-state index contributed by atoms with van der Waals surface area (Å²) in [6.45, 7) is 1.97. The van der Waals surface area contributed by atoms with Gasteiger partial charge in [0.1, 0.15) is 5.71 Å². The fraction of sp³-hybridized carbons (Fsp3) is 0.158. The van der Waals surface area contributed by atoms with Crippen LogP contribution in [0.15, 0.2) is 112 Å². The largest absolute Gasteiger partial charge is 0.416 e. The van der Waals surface area contributed by atoms with Crippen molar-refractivity contribution in [2.24, 2.45) is 9.98 Å². The highest BCUT2D eigenvalue weighted by atomic mass is 19.4. The van der Waals surface area contributed by atoms with Gasteiger partial charge in [-0.05, 0) is 95.1 Å². The lowest BCUT2D eigenvalue weighted by Gasteiger charge is -2.24. The number of fused-ring (bicyclic) bond motifs is 5. The molecule has 0 bridgehead atoms. The SMILES string of the molecule is CC1=C2C(=NC#N)c3cc(-c4ccc(C(F)(F)F)cc4)ccc3C2NC2=C(CC1)c1ccc(-c3ccc(C(F)(F)F)cc3)cc1C2=NC#N. The lowest BCUT2D eigenvalue weighted by molar-refractivity contribution is -0.138. The average Bonchev–Trinajstić information content (AvgIpc) is 3.52. The van der Waals surface area contributed by atoms with Gasteiger partial charge >= 0.3 is 12.4 Å². The molecule has 11 heteroatoms.